The number of carbonyl (C=O) groups excluding carboxylic acids is 1. The Morgan fingerprint density at radius 1 is 1.56 bits per heavy atom. The van der Waals surface area contributed by atoms with E-state index in [0.29, 0.717) is 13.0 Å². The average Bonchev–Trinajstić information content (AvgIpc) is 2.35. The molecule has 1 atom stereocenters. The Morgan fingerprint density at radius 2 is 2.33 bits per heavy atom. The molecule has 2 rings (SSSR count). The zero-order valence-corrected chi connectivity index (χ0v) is 10.9. The molecule has 98 valence electrons. The third-order valence-corrected chi connectivity index (χ3v) is 3.89. The number of nitrogens with two attached hydrogens (primary N) is 1. The van der Waals surface area contributed by atoms with Crippen LogP contribution in [-0.4, -0.2) is 17.4 Å². The fourth-order valence-electron chi connectivity index (χ4n) is 2.47. The quantitative estimate of drug-likeness (QED) is 0.833. The van der Waals surface area contributed by atoms with Crippen LogP contribution >= 0.6 is 0 Å². The molecule has 0 bridgehead atoms. The van der Waals surface area contributed by atoms with E-state index in [2.05, 4.69) is 10.3 Å². The van der Waals surface area contributed by atoms with Crippen molar-refractivity contribution in [3.8, 4) is 0 Å². The second-order valence-corrected chi connectivity index (χ2v) is 5.28. The highest BCUT2D eigenvalue weighted by molar-refractivity contribution is 5.77. The lowest BCUT2D eigenvalue weighted by molar-refractivity contribution is -0.125. The Balaban J connectivity index is 1.88. The van der Waals surface area contributed by atoms with Crippen molar-refractivity contribution in [1.29, 1.82) is 0 Å². The molecule has 1 aliphatic rings. The molecule has 0 spiro atoms. The molecule has 1 fully saturated rings. The number of hydrogen-bond donors (Lipinski definition) is 2. The summed E-state index contributed by atoms with van der Waals surface area (Å²) in [5.74, 6) is 0.0818. The number of nitrogens with one attached hydrogen (secondary N) is 1. The molecule has 0 aliphatic heterocycles. The highest BCUT2D eigenvalue weighted by atomic mass is 16.1. The van der Waals surface area contributed by atoms with Crippen LogP contribution in [0, 0.1) is 5.41 Å². The van der Waals surface area contributed by atoms with E-state index < -0.39 is 0 Å². The van der Waals surface area contributed by atoms with Gasteiger partial charge in [0.05, 0.1) is 11.7 Å². The van der Waals surface area contributed by atoms with Crippen molar-refractivity contribution in [2.75, 3.05) is 6.54 Å². The molecule has 0 radical (unpaired) electrons. The number of nitrogens with zero attached hydrogens (tertiary/aromatic N) is 1. The van der Waals surface area contributed by atoms with E-state index >= 15 is 0 Å². The van der Waals surface area contributed by atoms with E-state index in [1.54, 1.807) is 6.20 Å². The van der Waals surface area contributed by atoms with Crippen LogP contribution in [0.4, 0.5) is 0 Å². The van der Waals surface area contributed by atoms with Crippen LogP contribution in [0.5, 0.6) is 0 Å². The Hall–Kier alpha value is -1.42. The van der Waals surface area contributed by atoms with Gasteiger partial charge in [0.1, 0.15) is 0 Å². The van der Waals surface area contributed by atoms with Gasteiger partial charge in [-0.3, -0.25) is 9.78 Å². The van der Waals surface area contributed by atoms with Gasteiger partial charge >= 0.3 is 0 Å². The summed E-state index contributed by atoms with van der Waals surface area (Å²) in [5.41, 5.74) is 6.72. The van der Waals surface area contributed by atoms with Gasteiger partial charge in [0.2, 0.25) is 5.91 Å². The fourth-order valence-corrected chi connectivity index (χ4v) is 2.47. The summed E-state index contributed by atoms with van der Waals surface area (Å²) >= 11 is 0. The molecule has 0 aromatic carbocycles. The molecule has 1 aliphatic carbocycles. The van der Waals surface area contributed by atoms with Gasteiger partial charge in [-0.2, -0.15) is 0 Å². The Morgan fingerprint density at radius 3 is 2.83 bits per heavy atom. The first kappa shape index (κ1) is 13.0. The molecule has 1 aromatic rings. The summed E-state index contributed by atoms with van der Waals surface area (Å²) < 4.78 is 0. The van der Waals surface area contributed by atoms with E-state index in [1.807, 2.05) is 25.1 Å². The number of aromatic nitrogens is 1. The van der Waals surface area contributed by atoms with Crippen LogP contribution in [0.3, 0.4) is 0 Å². The van der Waals surface area contributed by atoms with Crippen molar-refractivity contribution < 1.29 is 4.79 Å². The van der Waals surface area contributed by atoms with Crippen molar-refractivity contribution in [1.82, 2.24) is 10.3 Å². The van der Waals surface area contributed by atoms with E-state index in [1.165, 1.54) is 6.42 Å². The van der Waals surface area contributed by atoms with Crippen LogP contribution in [0.2, 0.25) is 0 Å². The zero-order chi connectivity index (χ0) is 13.0. The summed E-state index contributed by atoms with van der Waals surface area (Å²) in [6, 6.07) is 5.68. The number of carbonyl (C=O) groups is 1. The first-order valence-electron chi connectivity index (χ1n) is 6.56. The smallest absolute Gasteiger partial charge is 0.221 e. The van der Waals surface area contributed by atoms with Crippen molar-refractivity contribution in [3.05, 3.63) is 30.1 Å². The van der Waals surface area contributed by atoms with Gasteiger partial charge in [0.25, 0.3) is 0 Å². The van der Waals surface area contributed by atoms with Crippen molar-refractivity contribution >= 4 is 5.91 Å². The Kier molecular flexibility index (Phi) is 3.97. The summed E-state index contributed by atoms with van der Waals surface area (Å²) in [5, 5.41) is 3.00. The average molecular weight is 247 g/mol. The van der Waals surface area contributed by atoms with Gasteiger partial charge in [0.15, 0.2) is 0 Å². The second kappa shape index (κ2) is 5.48. The molecule has 1 aromatic heterocycles. The molecule has 4 heteroatoms. The predicted molar refractivity (Wildman–Crippen MR) is 70.8 cm³/mol. The standard InChI is InChI=1S/C14H21N3O/c1-11(12-5-2-3-8-16-12)17-13(18)9-14(10-15)6-4-7-14/h2-3,5,8,11H,4,6-7,9-10,15H2,1H3,(H,17,18). The predicted octanol–water partition coefficient (Wildman–Crippen LogP) is 1.78. The molecular weight excluding hydrogens is 226 g/mol. The van der Waals surface area contributed by atoms with Gasteiger partial charge in [-0.25, -0.2) is 0 Å². The molecular formula is C14H21N3O. The van der Waals surface area contributed by atoms with Crippen LogP contribution in [0.25, 0.3) is 0 Å². The van der Waals surface area contributed by atoms with E-state index in [4.69, 9.17) is 5.73 Å². The maximum Gasteiger partial charge on any atom is 0.221 e. The third-order valence-electron chi connectivity index (χ3n) is 3.89. The molecule has 1 saturated carbocycles. The lowest BCUT2D eigenvalue weighted by Gasteiger charge is -2.40. The van der Waals surface area contributed by atoms with Crippen LogP contribution in [-0.2, 0) is 4.79 Å². The molecule has 4 nitrogen and oxygen atoms in total. The van der Waals surface area contributed by atoms with Crippen molar-refractivity contribution in [2.45, 2.75) is 38.6 Å². The lowest BCUT2D eigenvalue weighted by atomic mass is 9.66. The molecule has 1 amide bonds. The number of hydrogen-bond acceptors (Lipinski definition) is 3. The van der Waals surface area contributed by atoms with Gasteiger partial charge in [-0.15, -0.1) is 0 Å². The molecule has 1 unspecified atom stereocenters. The van der Waals surface area contributed by atoms with Crippen LogP contribution in [0.15, 0.2) is 24.4 Å². The fraction of sp³-hybridized carbons (Fsp3) is 0.571. The highest BCUT2D eigenvalue weighted by Crippen LogP contribution is 2.42. The molecule has 18 heavy (non-hydrogen) atoms. The lowest BCUT2D eigenvalue weighted by Crippen LogP contribution is -2.42. The minimum atomic E-state index is -0.0476. The van der Waals surface area contributed by atoms with E-state index in [0.717, 1.165) is 18.5 Å². The van der Waals surface area contributed by atoms with Crippen molar-refractivity contribution in [3.63, 3.8) is 0 Å². The zero-order valence-electron chi connectivity index (χ0n) is 10.9. The summed E-state index contributed by atoms with van der Waals surface area (Å²) in [7, 11) is 0. The van der Waals surface area contributed by atoms with Crippen molar-refractivity contribution in [2.24, 2.45) is 11.1 Å². The SMILES string of the molecule is CC(NC(=O)CC1(CN)CCC1)c1ccccn1. The summed E-state index contributed by atoms with van der Waals surface area (Å²) in [6.07, 6.45) is 5.63. The molecule has 1 heterocycles. The van der Waals surface area contributed by atoms with Gasteiger partial charge in [-0.05, 0) is 43.9 Å². The van der Waals surface area contributed by atoms with Gasteiger partial charge in [0, 0.05) is 12.6 Å². The van der Waals surface area contributed by atoms with Gasteiger partial charge < -0.3 is 11.1 Å². The molecule has 3 N–H and O–H groups in total. The summed E-state index contributed by atoms with van der Waals surface area (Å²) in [6.45, 7) is 2.56. The van der Waals surface area contributed by atoms with Crippen LogP contribution in [0.1, 0.15) is 44.3 Å². The summed E-state index contributed by atoms with van der Waals surface area (Å²) in [4.78, 5) is 16.2. The maximum absolute atomic E-state index is 12.0. The monoisotopic (exact) mass is 247 g/mol. The molecule has 0 saturated heterocycles. The third kappa shape index (κ3) is 2.88. The second-order valence-electron chi connectivity index (χ2n) is 5.28. The minimum Gasteiger partial charge on any atom is -0.348 e. The highest BCUT2D eigenvalue weighted by Gasteiger charge is 2.37. The Labute approximate surface area is 108 Å². The first-order valence-corrected chi connectivity index (χ1v) is 6.56. The maximum atomic E-state index is 12.0. The normalized spacial score (nSPS) is 18.8. The topological polar surface area (TPSA) is 68.0 Å². The largest absolute Gasteiger partial charge is 0.348 e. The van der Waals surface area contributed by atoms with E-state index in [9.17, 15) is 4.79 Å². The number of rotatable bonds is 5. The van der Waals surface area contributed by atoms with Gasteiger partial charge in [-0.1, -0.05) is 12.5 Å². The number of amides is 1. The number of pyridine rings is 1. The van der Waals surface area contributed by atoms with Crippen LogP contribution < -0.4 is 11.1 Å². The first-order chi connectivity index (χ1) is 8.65. The van der Waals surface area contributed by atoms with E-state index in [-0.39, 0.29) is 17.4 Å². The minimum absolute atomic E-state index is 0.0476. The Bertz CT molecular complexity index is 395.